The summed E-state index contributed by atoms with van der Waals surface area (Å²) < 4.78 is 0. The van der Waals surface area contributed by atoms with Gasteiger partial charge in [0.05, 0.1) is 12.0 Å². The number of carbonyl (C=O) groups is 1. The molecule has 66 valence electrons. The van der Waals surface area contributed by atoms with E-state index in [9.17, 15) is 4.79 Å². The second-order valence-corrected chi connectivity index (χ2v) is 4.18. The lowest BCUT2D eigenvalue weighted by Crippen LogP contribution is -2.43. The third-order valence-electron chi connectivity index (χ3n) is 2.81. The molecule has 3 nitrogen and oxygen atoms in total. The molecule has 1 saturated carbocycles. The number of hydrogen-bond acceptors (Lipinski definition) is 2. The summed E-state index contributed by atoms with van der Waals surface area (Å²) in [5, 5.41) is 10.6. The van der Waals surface area contributed by atoms with Crippen LogP contribution in [0.1, 0.15) is 32.6 Å². The van der Waals surface area contributed by atoms with Crippen LogP contribution in [0.2, 0.25) is 0 Å². The minimum absolute atomic E-state index is 0.0168. The topological polar surface area (TPSA) is 53.0 Å². The van der Waals surface area contributed by atoms with Crippen molar-refractivity contribution in [3.8, 4) is 0 Å². The Morgan fingerprint density at radius 3 is 2.75 bits per heavy atom. The van der Waals surface area contributed by atoms with Gasteiger partial charge in [-0.25, -0.2) is 0 Å². The van der Waals surface area contributed by atoms with Gasteiger partial charge >= 0.3 is 0 Å². The fourth-order valence-corrected chi connectivity index (χ4v) is 1.86. The molecule has 1 atom stereocenters. The number of nitrogens with one attached hydrogen (secondary N) is 2. The molecule has 3 heteroatoms. The first kappa shape index (κ1) is 7.77. The monoisotopic (exact) mass is 166 g/mol. The maximum Gasteiger partial charge on any atom is 0.226 e. The van der Waals surface area contributed by atoms with Crippen LogP contribution in [0.5, 0.6) is 0 Å². The van der Waals surface area contributed by atoms with E-state index >= 15 is 0 Å². The molecule has 12 heavy (non-hydrogen) atoms. The molecule has 2 N–H and O–H groups in total. The summed E-state index contributed by atoms with van der Waals surface area (Å²) in [6.45, 7) is 1.97. The molecule has 0 aromatic carbocycles. The highest BCUT2D eigenvalue weighted by molar-refractivity contribution is 6.11. The lowest BCUT2D eigenvalue weighted by Gasteiger charge is -2.23. The van der Waals surface area contributed by atoms with Crippen LogP contribution < -0.4 is 5.32 Å². The van der Waals surface area contributed by atoms with Crippen molar-refractivity contribution in [2.24, 2.45) is 5.92 Å². The van der Waals surface area contributed by atoms with Gasteiger partial charge < -0.3 is 10.7 Å². The van der Waals surface area contributed by atoms with Gasteiger partial charge in [0.1, 0.15) is 0 Å². The highest BCUT2D eigenvalue weighted by Crippen LogP contribution is 2.38. The van der Waals surface area contributed by atoms with Gasteiger partial charge in [-0.2, -0.15) is 0 Å². The largest absolute Gasteiger partial charge is 0.345 e. The molecular weight excluding hydrogens is 152 g/mol. The summed E-state index contributed by atoms with van der Waals surface area (Å²) >= 11 is 0. The number of rotatable bonds is 2. The van der Waals surface area contributed by atoms with Crippen molar-refractivity contribution in [2.75, 3.05) is 0 Å². The Bertz CT molecular complexity index is 245. The zero-order chi connectivity index (χ0) is 8.77. The zero-order valence-corrected chi connectivity index (χ0v) is 7.31. The quantitative estimate of drug-likeness (QED) is 0.633. The zero-order valence-electron chi connectivity index (χ0n) is 7.31. The normalized spacial score (nSPS) is 35.4. The lowest BCUT2D eigenvalue weighted by atomic mass is 9.91. The molecule has 1 aliphatic carbocycles. The van der Waals surface area contributed by atoms with Gasteiger partial charge in [-0.15, -0.1) is 0 Å². The summed E-state index contributed by atoms with van der Waals surface area (Å²) in [6, 6.07) is 0. The van der Waals surface area contributed by atoms with Crippen molar-refractivity contribution in [2.45, 2.75) is 38.1 Å². The van der Waals surface area contributed by atoms with E-state index in [4.69, 9.17) is 5.41 Å². The van der Waals surface area contributed by atoms with Crippen LogP contribution in [-0.2, 0) is 4.79 Å². The third-order valence-corrected chi connectivity index (χ3v) is 2.81. The van der Waals surface area contributed by atoms with E-state index in [1.807, 2.05) is 6.92 Å². The van der Waals surface area contributed by atoms with E-state index in [0.717, 1.165) is 12.3 Å². The van der Waals surface area contributed by atoms with Crippen molar-refractivity contribution in [3.05, 3.63) is 0 Å². The molecule has 0 aromatic rings. The molecule has 2 fully saturated rings. The van der Waals surface area contributed by atoms with Gasteiger partial charge in [-0.1, -0.05) is 12.8 Å². The van der Waals surface area contributed by atoms with Gasteiger partial charge in [0.25, 0.3) is 0 Å². The summed E-state index contributed by atoms with van der Waals surface area (Å²) in [4.78, 5) is 11.0. The Labute approximate surface area is 72.0 Å². The smallest absolute Gasteiger partial charge is 0.226 e. The predicted octanol–water partition coefficient (Wildman–Crippen LogP) is 1.08. The van der Waals surface area contributed by atoms with E-state index in [2.05, 4.69) is 5.32 Å². The van der Waals surface area contributed by atoms with Crippen LogP contribution >= 0.6 is 0 Å². The average Bonchev–Trinajstić information content (AvgIpc) is 2.65. The summed E-state index contributed by atoms with van der Waals surface area (Å²) in [5.41, 5.74) is 0.262. The van der Waals surface area contributed by atoms with Gasteiger partial charge in [-0.05, 0) is 19.3 Å². The van der Waals surface area contributed by atoms with Crippen molar-refractivity contribution in [3.63, 3.8) is 0 Å². The molecule has 1 amide bonds. The van der Waals surface area contributed by atoms with Crippen LogP contribution in [0.3, 0.4) is 0 Å². The summed E-state index contributed by atoms with van der Waals surface area (Å²) in [5.74, 6) is 0.775. The Balaban J connectivity index is 2.07. The lowest BCUT2D eigenvalue weighted by molar-refractivity contribution is -0.119. The van der Waals surface area contributed by atoms with Gasteiger partial charge in [0, 0.05) is 5.71 Å². The Morgan fingerprint density at radius 2 is 2.33 bits per heavy atom. The molecule has 0 aromatic heterocycles. The maximum atomic E-state index is 11.0. The first-order valence-corrected chi connectivity index (χ1v) is 4.49. The fourth-order valence-electron chi connectivity index (χ4n) is 1.86. The van der Waals surface area contributed by atoms with Crippen molar-refractivity contribution >= 4 is 11.6 Å². The van der Waals surface area contributed by atoms with Crippen molar-refractivity contribution in [1.29, 1.82) is 5.41 Å². The highest BCUT2D eigenvalue weighted by atomic mass is 16.2. The molecule has 1 aliphatic heterocycles. The van der Waals surface area contributed by atoms with Crippen molar-refractivity contribution in [1.82, 2.24) is 5.32 Å². The predicted molar refractivity (Wildman–Crippen MR) is 46.2 cm³/mol. The molecule has 2 rings (SSSR count). The van der Waals surface area contributed by atoms with E-state index in [-0.39, 0.29) is 11.4 Å². The highest BCUT2D eigenvalue weighted by Gasteiger charge is 2.42. The molecule has 0 radical (unpaired) electrons. The summed E-state index contributed by atoms with van der Waals surface area (Å²) in [6.07, 6.45) is 3.83. The SMILES string of the molecule is C[C@@]1(CC2CC2)NC(=O)CC1=N. The third kappa shape index (κ3) is 1.24. The van der Waals surface area contributed by atoms with Crippen LogP contribution in [-0.4, -0.2) is 17.2 Å². The number of carbonyl (C=O) groups excluding carboxylic acids is 1. The number of amides is 1. The van der Waals surface area contributed by atoms with Gasteiger partial charge in [0.15, 0.2) is 0 Å². The van der Waals surface area contributed by atoms with E-state index in [1.165, 1.54) is 12.8 Å². The molecule has 0 spiro atoms. The standard InChI is InChI=1S/C9H14N2O/c1-9(5-6-2-3-6)7(10)4-8(12)11-9/h6,10H,2-5H2,1H3,(H,11,12)/t9-/m0/s1. The number of hydrogen-bond donors (Lipinski definition) is 2. The van der Waals surface area contributed by atoms with Crippen LogP contribution in [0.25, 0.3) is 0 Å². The van der Waals surface area contributed by atoms with Gasteiger partial charge in [-0.3, -0.25) is 4.79 Å². The molecular formula is C9H14N2O. The van der Waals surface area contributed by atoms with E-state index in [1.54, 1.807) is 0 Å². The van der Waals surface area contributed by atoms with Crippen LogP contribution in [0.4, 0.5) is 0 Å². The molecule has 1 heterocycles. The van der Waals surface area contributed by atoms with E-state index < -0.39 is 0 Å². The second-order valence-electron chi connectivity index (χ2n) is 4.18. The second kappa shape index (κ2) is 2.31. The minimum atomic E-state index is -0.307. The Hall–Kier alpha value is -0.860. The Morgan fingerprint density at radius 1 is 1.67 bits per heavy atom. The first-order chi connectivity index (χ1) is 5.60. The fraction of sp³-hybridized carbons (Fsp3) is 0.778. The van der Waals surface area contributed by atoms with Crippen LogP contribution in [0.15, 0.2) is 0 Å². The van der Waals surface area contributed by atoms with E-state index in [0.29, 0.717) is 12.1 Å². The van der Waals surface area contributed by atoms with Crippen molar-refractivity contribution < 1.29 is 4.79 Å². The molecule has 0 bridgehead atoms. The Kier molecular flexibility index (Phi) is 1.50. The molecule has 2 aliphatic rings. The molecule has 1 saturated heterocycles. The average molecular weight is 166 g/mol. The first-order valence-electron chi connectivity index (χ1n) is 4.49. The van der Waals surface area contributed by atoms with Crippen LogP contribution in [0, 0.1) is 11.3 Å². The van der Waals surface area contributed by atoms with Gasteiger partial charge in [0.2, 0.25) is 5.91 Å². The minimum Gasteiger partial charge on any atom is -0.345 e. The molecule has 0 unspecified atom stereocenters. The summed E-state index contributed by atoms with van der Waals surface area (Å²) in [7, 11) is 0. The maximum absolute atomic E-state index is 11.0.